The highest BCUT2D eigenvalue weighted by atomic mass is 16.4. The smallest absolute Gasteiger partial charge is 0.405 e. The van der Waals surface area contributed by atoms with Gasteiger partial charge in [-0.2, -0.15) is 0 Å². The second kappa shape index (κ2) is 5.11. The molecule has 0 aromatic rings. The molecule has 0 unspecified atom stereocenters. The minimum atomic E-state index is -1.37. The molecular weight excluding hydrogens is 166 g/mol. The molecule has 0 aliphatic carbocycles. The van der Waals surface area contributed by atoms with Gasteiger partial charge in [0, 0.05) is 6.42 Å². The molecule has 0 saturated carbocycles. The van der Waals surface area contributed by atoms with Gasteiger partial charge in [-0.15, -0.1) is 0 Å². The minimum Gasteiger partial charge on any atom is -0.481 e. The average Bonchev–Trinajstić information content (AvgIpc) is 1.97. The van der Waals surface area contributed by atoms with Crippen LogP contribution in [0.25, 0.3) is 0 Å². The second-order valence-corrected chi connectivity index (χ2v) is 2.05. The Morgan fingerprint density at radius 2 is 2.00 bits per heavy atom. The number of carboxylic acid groups (broad SMARTS) is 2. The van der Waals surface area contributed by atoms with E-state index in [0.29, 0.717) is 0 Å². The summed E-state index contributed by atoms with van der Waals surface area (Å²) < 4.78 is 0. The normalized spacial score (nSPS) is 11.7. The Morgan fingerprint density at radius 3 is 2.33 bits per heavy atom. The zero-order chi connectivity index (χ0) is 9.56. The van der Waals surface area contributed by atoms with Gasteiger partial charge in [-0.05, 0) is 6.42 Å². The van der Waals surface area contributed by atoms with Crippen LogP contribution in [-0.4, -0.2) is 34.6 Å². The topological polar surface area (TPSA) is 104 Å². The van der Waals surface area contributed by atoms with Crippen molar-refractivity contribution in [2.45, 2.75) is 18.9 Å². The Hall–Kier alpha value is -1.59. The molecule has 12 heavy (non-hydrogen) atoms. The number of nitrogens with one attached hydrogen (secondary N) is 1. The van der Waals surface area contributed by atoms with Crippen LogP contribution < -0.4 is 5.32 Å². The van der Waals surface area contributed by atoms with Crippen LogP contribution >= 0.6 is 0 Å². The van der Waals surface area contributed by atoms with E-state index in [-0.39, 0.29) is 12.8 Å². The van der Waals surface area contributed by atoms with Gasteiger partial charge in [-0.1, -0.05) is 0 Å². The number of aliphatic carboxylic acids is 1. The predicted molar refractivity (Wildman–Crippen MR) is 37.5 cm³/mol. The number of carbonyl (C=O) groups excluding carboxylic acids is 1. The molecule has 0 aromatic heterocycles. The Morgan fingerprint density at radius 1 is 1.42 bits per heavy atom. The molecule has 0 aliphatic rings. The van der Waals surface area contributed by atoms with Gasteiger partial charge < -0.3 is 15.5 Å². The van der Waals surface area contributed by atoms with Crippen molar-refractivity contribution >= 4 is 18.3 Å². The van der Waals surface area contributed by atoms with Crippen molar-refractivity contribution in [3.05, 3.63) is 0 Å². The lowest BCUT2D eigenvalue weighted by atomic mass is 10.2. The Balaban J connectivity index is 3.75. The number of hydrogen-bond donors (Lipinski definition) is 3. The molecule has 1 amide bonds. The molecule has 0 aromatic carbocycles. The molecule has 0 spiro atoms. The van der Waals surface area contributed by atoms with Crippen LogP contribution in [0.15, 0.2) is 0 Å². The SMILES string of the molecule is O=[C][C@H](CCC(=O)O)NC(=O)O. The van der Waals surface area contributed by atoms with E-state index in [4.69, 9.17) is 10.2 Å². The molecule has 0 heterocycles. The standard InChI is InChI=1S/C6H8NO5/c8-3-4(7-6(11)12)1-2-5(9)10/h4,7H,1-2H2,(H,9,10)(H,11,12)/t4-/m0/s1. The molecule has 6 heteroatoms. The summed E-state index contributed by atoms with van der Waals surface area (Å²) in [6.45, 7) is 0. The molecule has 6 nitrogen and oxygen atoms in total. The van der Waals surface area contributed by atoms with E-state index in [1.54, 1.807) is 0 Å². The summed E-state index contributed by atoms with van der Waals surface area (Å²) in [6, 6.07) is -1.06. The van der Waals surface area contributed by atoms with Gasteiger partial charge in [-0.25, -0.2) is 4.79 Å². The second-order valence-electron chi connectivity index (χ2n) is 2.05. The maximum atomic E-state index is 10.0. The van der Waals surface area contributed by atoms with E-state index in [2.05, 4.69) is 0 Å². The lowest BCUT2D eigenvalue weighted by Crippen LogP contribution is -2.35. The van der Waals surface area contributed by atoms with Crippen LogP contribution in [0.5, 0.6) is 0 Å². The Bertz CT molecular complexity index is 190. The van der Waals surface area contributed by atoms with Gasteiger partial charge in [0.25, 0.3) is 0 Å². The highest BCUT2D eigenvalue weighted by Crippen LogP contribution is 1.94. The highest BCUT2D eigenvalue weighted by molar-refractivity contribution is 5.73. The summed E-state index contributed by atoms with van der Waals surface area (Å²) in [4.78, 5) is 30.0. The average molecular weight is 174 g/mol. The molecule has 67 valence electrons. The lowest BCUT2D eigenvalue weighted by Gasteiger charge is -2.06. The number of amides is 1. The summed E-state index contributed by atoms with van der Waals surface area (Å²) in [7, 11) is 0. The molecule has 0 aliphatic heterocycles. The first-order valence-electron chi connectivity index (χ1n) is 3.15. The van der Waals surface area contributed by atoms with Gasteiger partial charge >= 0.3 is 12.1 Å². The minimum absolute atomic E-state index is 0.0782. The number of carboxylic acids is 1. The fourth-order valence-corrected chi connectivity index (χ4v) is 0.577. The van der Waals surface area contributed by atoms with Crippen molar-refractivity contribution in [2.75, 3.05) is 0 Å². The first kappa shape index (κ1) is 10.4. The van der Waals surface area contributed by atoms with Crippen LogP contribution in [0.4, 0.5) is 4.79 Å². The van der Waals surface area contributed by atoms with Gasteiger partial charge in [0.15, 0.2) is 0 Å². The molecule has 3 N–H and O–H groups in total. The third-order valence-electron chi connectivity index (χ3n) is 1.09. The van der Waals surface area contributed by atoms with E-state index in [1.807, 2.05) is 5.32 Å². The first-order chi connectivity index (χ1) is 5.56. The molecule has 0 fully saturated rings. The van der Waals surface area contributed by atoms with Crippen molar-refractivity contribution in [3.8, 4) is 0 Å². The lowest BCUT2D eigenvalue weighted by molar-refractivity contribution is -0.137. The van der Waals surface area contributed by atoms with Crippen LogP contribution in [-0.2, 0) is 9.59 Å². The van der Waals surface area contributed by atoms with Crippen molar-refractivity contribution in [1.82, 2.24) is 5.32 Å². The van der Waals surface area contributed by atoms with Gasteiger partial charge in [-0.3, -0.25) is 9.59 Å². The van der Waals surface area contributed by atoms with Gasteiger partial charge in [0.1, 0.15) is 0 Å². The van der Waals surface area contributed by atoms with Crippen molar-refractivity contribution in [3.63, 3.8) is 0 Å². The maximum absolute atomic E-state index is 10.0. The van der Waals surface area contributed by atoms with Crippen LogP contribution in [0.3, 0.4) is 0 Å². The zero-order valence-electron chi connectivity index (χ0n) is 6.11. The summed E-state index contributed by atoms with van der Waals surface area (Å²) >= 11 is 0. The van der Waals surface area contributed by atoms with E-state index in [0.717, 1.165) is 0 Å². The third kappa shape index (κ3) is 5.21. The predicted octanol–water partition coefficient (Wildman–Crippen LogP) is -0.403. The molecule has 0 bridgehead atoms. The fourth-order valence-electron chi connectivity index (χ4n) is 0.577. The van der Waals surface area contributed by atoms with E-state index >= 15 is 0 Å². The number of carbonyl (C=O) groups is 2. The van der Waals surface area contributed by atoms with Crippen molar-refractivity contribution in [1.29, 1.82) is 0 Å². The summed E-state index contributed by atoms with van der Waals surface area (Å²) in [5.41, 5.74) is 0. The van der Waals surface area contributed by atoms with Gasteiger partial charge in [0.2, 0.25) is 6.29 Å². The largest absolute Gasteiger partial charge is 0.481 e. The van der Waals surface area contributed by atoms with Crippen molar-refractivity contribution < 1.29 is 24.6 Å². The summed E-state index contributed by atoms with van der Waals surface area (Å²) in [5, 5.41) is 18.1. The van der Waals surface area contributed by atoms with Crippen LogP contribution in [0.2, 0.25) is 0 Å². The highest BCUT2D eigenvalue weighted by Gasteiger charge is 2.12. The first-order valence-corrected chi connectivity index (χ1v) is 3.15. The Labute approximate surface area is 68.2 Å². The van der Waals surface area contributed by atoms with E-state index in [1.165, 1.54) is 6.29 Å². The van der Waals surface area contributed by atoms with Crippen molar-refractivity contribution in [2.24, 2.45) is 0 Å². The third-order valence-corrected chi connectivity index (χ3v) is 1.09. The van der Waals surface area contributed by atoms with E-state index in [9.17, 15) is 14.4 Å². The van der Waals surface area contributed by atoms with Crippen LogP contribution in [0, 0.1) is 0 Å². The fraction of sp³-hybridized carbons (Fsp3) is 0.500. The Kier molecular flexibility index (Phi) is 4.43. The van der Waals surface area contributed by atoms with Gasteiger partial charge in [0.05, 0.1) is 6.04 Å². The molecular formula is C6H8NO5. The summed E-state index contributed by atoms with van der Waals surface area (Å²) in [5.74, 6) is -1.08. The monoisotopic (exact) mass is 174 g/mol. The molecule has 0 rings (SSSR count). The quantitative estimate of drug-likeness (QED) is 0.526. The number of rotatable bonds is 5. The molecule has 0 saturated heterocycles. The summed E-state index contributed by atoms with van der Waals surface area (Å²) in [6.07, 6.45) is -0.325. The van der Waals surface area contributed by atoms with E-state index < -0.39 is 18.1 Å². The zero-order valence-corrected chi connectivity index (χ0v) is 6.11. The molecule has 1 radical (unpaired) electrons. The van der Waals surface area contributed by atoms with Crippen LogP contribution in [0.1, 0.15) is 12.8 Å². The number of hydrogen-bond acceptors (Lipinski definition) is 3. The maximum Gasteiger partial charge on any atom is 0.405 e. The molecule has 1 atom stereocenters.